The maximum Gasteiger partial charge on any atom is 0.236 e. The van der Waals surface area contributed by atoms with Crippen LogP contribution in [0.5, 0.6) is 0 Å². The van der Waals surface area contributed by atoms with Gasteiger partial charge >= 0.3 is 0 Å². The van der Waals surface area contributed by atoms with Crippen LogP contribution in [0, 0.1) is 11.3 Å². The van der Waals surface area contributed by atoms with Gasteiger partial charge in [-0.2, -0.15) is 5.26 Å². The van der Waals surface area contributed by atoms with Crippen LogP contribution in [0.15, 0.2) is 11.4 Å². The van der Waals surface area contributed by atoms with Crippen LogP contribution in [0.1, 0.15) is 17.4 Å². The highest BCUT2D eigenvalue weighted by molar-refractivity contribution is 7.10. The molecule has 1 atom stereocenters. The summed E-state index contributed by atoms with van der Waals surface area (Å²) in [5.41, 5.74) is 0.661. The van der Waals surface area contributed by atoms with E-state index in [2.05, 4.69) is 16.7 Å². The summed E-state index contributed by atoms with van der Waals surface area (Å²) in [7, 11) is 1.59. The number of nitrogens with zero attached hydrogens (tertiary/aromatic N) is 1. The molecule has 18 heavy (non-hydrogen) atoms. The lowest BCUT2D eigenvalue weighted by molar-refractivity contribution is -0.122. The first-order valence-electron chi connectivity index (χ1n) is 5.65. The standard InChI is InChI=1S/C12H17N3O2S/c1-9(12(16)14-3-4-17-2)15-7-11-5-10(6-13)8-18-11/h5,8-9,15H,3-4,7H2,1-2H3,(H,14,16). The molecule has 1 rings (SSSR count). The van der Waals surface area contributed by atoms with E-state index in [4.69, 9.17) is 10.00 Å². The van der Waals surface area contributed by atoms with E-state index in [0.717, 1.165) is 4.88 Å². The van der Waals surface area contributed by atoms with E-state index < -0.39 is 0 Å². The van der Waals surface area contributed by atoms with Gasteiger partial charge in [0.2, 0.25) is 5.91 Å². The lowest BCUT2D eigenvalue weighted by Crippen LogP contribution is -2.42. The maximum absolute atomic E-state index is 11.6. The Morgan fingerprint density at radius 2 is 2.44 bits per heavy atom. The molecular formula is C12H17N3O2S. The van der Waals surface area contributed by atoms with Crippen molar-refractivity contribution in [2.45, 2.75) is 19.5 Å². The number of rotatable bonds is 7. The summed E-state index contributed by atoms with van der Waals surface area (Å²) in [6.07, 6.45) is 0. The first-order chi connectivity index (χ1) is 8.67. The Kier molecular flexibility index (Phi) is 6.36. The monoisotopic (exact) mass is 267 g/mol. The Balaban J connectivity index is 2.29. The lowest BCUT2D eigenvalue weighted by atomic mass is 10.3. The first kappa shape index (κ1) is 14.6. The fourth-order valence-corrected chi connectivity index (χ4v) is 2.07. The van der Waals surface area contributed by atoms with Gasteiger partial charge < -0.3 is 15.4 Å². The van der Waals surface area contributed by atoms with Crippen molar-refractivity contribution in [3.8, 4) is 6.07 Å². The Hall–Kier alpha value is -1.42. The predicted octanol–water partition coefficient (Wildman–Crippen LogP) is 0.860. The molecule has 2 N–H and O–H groups in total. The van der Waals surface area contributed by atoms with Crippen molar-refractivity contribution in [3.05, 3.63) is 21.9 Å². The van der Waals surface area contributed by atoms with E-state index in [1.54, 1.807) is 19.4 Å². The van der Waals surface area contributed by atoms with Crippen molar-refractivity contribution < 1.29 is 9.53 Å². The normalized spacial score (nSPS) is 11.8. The SMILES string of the molecule is COCCNC(=O)C(C)NCc1cc(C#N)cs1. The number of carbonyl (C=O) groups excluding carboxylic acids is 1. The van der Waals surface area contributed by atoms with E-state index in [9.17, 15) is 4.79 Å². The van der Waals surface area contributed by atoms with Gasteiger partial charge in [-0.05, 0) is 13.0 Å². The highest BCUT2D eigenvalue weighted by Gasteiger charge is 2.11. The summed E-state index contributed by atoms with van der Waals surface area (Å²) < 4.78 is 4.85. The fourth-order valence-electron chi connectivity index (χ4n) is 1.31. The number of hydrogen-bond acceptors (Lipinski definition) is 5. The molecular weight excluding hydrogens is 250 g/mol. The van der Waals surface area contributed by atoms with Crippen LogP contribution >= 0.6 is 11.3 Å². The molecule has 6 heteroatoms. The molecule has 1 amide bonds. The molecule has 1 aromatic heterocycles. The molecule has 0 bridgehead atoms. The summed E-state index contributed by atoms with van der Waals surface area (Å²) in [5, 5.41) is 16.4. The molecule has 0 aliphatic rings. The molecule has 1 heterocycles. The van der Waals surface area contributed by atoms with Crippen LogP contribution in [0.4, 0.5) is 0 Å². The molecule has 0 saturated carbocycles. The number of nitrogens with one attached hydrogen (secondary N) is 2. The summed E-state index contributed by atoms with van der Waals surface area (Å²) in [5.74, 6) is -0.0517. The molecule has 0 radical (unpaired) electrons. The Morgan fingerprint density at radius 1 is 1.67 bits per heavy atom. The summed E-state index contributed by atoms with van der Waals surface area (Å²) in [6.45, 7) is 3.42. The second-order valence-corrected chi connectivity index (χ2v) is 4.80. The second kappa shape index (κ2) is 7.82. The largest absolute Gasteiger partial charge is 0.383 e. The number of hydrogen-bond donors (Lipinski definition) is 2. The van der Waals surface area contributed by atoms with Gasteiger partial charge in [0.25, 0.3) is 0 Å². The number of ether oxygens (including phenoxy) is 1. The minimum atomic E-state index is -0.269. The number of methoxy groups -OCH3 is 1. The minimum absolute atomic E-state index is 0.0517. The van der Waals surface area contributed by atoms with Crippen LogP contribution in [-0.4, -0.2) is 32.2 Å². The van der Waals surface area contributed by atoms with Crippen molar-refractivity contribution in [2.24, 2.45) is 0 Å². The van der Waals surface area contributed by atoms with Gasteiger partial charge in [0.15, 0.2) is 0 Å². The van der Waals surface area contributed by atoms with E-state index >= 15 is 0 Å². The van der Waals surface area contributed by atoms with Crippen LogP contribution in [0.25, 0.3) is 0 Å². The van der Waals surface area contributed by atoms with Gasteiger partial charge in [0, 0.05) is 30.5 Å². The quantitative estimate of drug-likeness (QED) is 0.719. The number of thiophene rings is 1. The Labute approximate surface area is 111 Å². The van der Waals surface area contributed by atoms with Gasteiger partial charge in [0.05, 0.1) is 18.2 Å². The van der Waals surface area contributed by atoms with Crippen LogP contribution < -0.4 is 10.6 Å². The zero-order valence-corrected chi connectivity index (χ0v) is 11.3. The van der Waals surface area contributed by atoms with Crippen molar-refractivity contribution in [3.63, 3.8) is 0 Å². The van der Waals surface area contributed by atoms with Crippen molar-refractivity contribution in [1.29, 1.82) is 5.26 Å². The number of amides is 1. The average molecular weight is 267 g/mol. The van der Waals surface area contributed by atoms with Gasteiger partial charge in [0.1, 0.15) is 6.07 Å². The van der Waals surface area contributed by atoms with Gasteiger partial charge in [-0.25, -0.2) is 0 Å². The zero-order valence-electron chi connectivity index (χ0n) is 10.5. The molecule has 0 aliphatic heterocycles. The Morgan fingerprint density at radius 3 is 3.06 bits per heavy atom. The van der Waals surface area contributed by atoms with Crippen LogP contribution in [0.3, 0.4) is 0 Å². The highest BCUT2D eigenvalue weighted by Crippen LogP contribution is 2.13. The van der Waals surface area contributed by atoms with Crippen molar-refractivity contribution in [2.75, 3.05) is 20.3 Å². The lowest BCUT2D eigenvalue weighted by Gasteiger charge is -2.13. The van der Waals surface area contributed by atoms with Gasteiger partial charge in [-0.3, -0.25) is 4.79 Å². The molecule has 5 nitrogen and oxygen atoms in total. The number of carbonyl (C=O) groups is 1. The Bertz CT molecular complexity index is 425. The third-order valence-corrected chi connectivity index (χ3v) is 3.30. The maximum atomic E-state index is 11.6. The highest BCUT2D eigenvalue weighted by atomic mass is 32.1. The van der Waals surface area contributed by atoms with Gasteiger partial charge in [-0.15, -0.1) is 11.3 Å². The molecule has 1 aromatic rings. The molecule has 0 saturated heterocycles. The summed E-state index contributed by atoms with van der Waals surface area (Å²) in [6, 6.07) is 3.64. The second-order valence-electron chi connectivity index (χ2n) is 3.80. The summed E-state index contributed by atoms with van der Waals surface area (Å²) >= 11 is 1.51. The number of nitriles is 1. The van der Waals surface area contributed by atoms with Crippen LogP contribution in [0.2, 0.25) is 0 Å². The zero-order chi connectivity index (χ0) is 13.4. The van der Waals surface area contributed by atoms with E-state index in [0.29, 0.717) is 25.3 Å². The fraction of sp³-hybridized carbons (Fsp3) is 0.500. The predicted molar refractivity (Wildman–Crippen MR) is 70.2 cm³/mol. The van der Waals surface area contributed by atoms with Crippen LogP contribution in [-0.2, 0) is 16.1 Å². The third kappa shape index (κ3) is 4.84. The molecule has 1 unspecified atom stereocenters. The van der Waals surface area contributed by atoms with Crippen molar-refractivity contribution >= 4 is 17.2 Å². The third-order valence-electron chi connectivity index (χ3n) is 2.36. The first-order valence-corrected chi connectivity index (χ1v) is 6.53. The topological polar surface area (TPSA) is 74.2 Å². The average Bonchev–Trinajstić information content (AvgIpc) is 2.84. The van der Waals surface area contributed by atoms with E-state index in [1.807, 2.05) is 6.07 Å². The smallest absolute Gasteiger partial charge is 0.236 e. The summed E-state index contributed by atoms with van der Waals surface area (Å²) in [4.78, 5) is 12.7. The molecule has 0 spiro atoms. The molecule has 0 fully saturated rings. The van der Waals surface area contributed by atoms with E-state index in [1.165, 1.54) is 11.3 Å². The molecule has 0 aliphatic carbocycles. The van der Waals surface area contributed by atoms with Crippen molar-refractivity contribution in [1.82, 2.24) is 10.6 Å². The molecule has 0 aromatic carbocycles. The van der Waals surface area contributed by atoms with E-state index in [-0.39, 0.29) is 11.9 Å². The van der Waals surface area contributed by atoms with Gasteiger partial charge in [-0.1, -0.05) is 0 Å². The molecule has 98 valence electrons. The minimum Gasteiger partial charge on any atom is -0.383 e.